The average Bonchev–Trinajstić information content (AvgIpc) is 2.83. The molecule has 3 atom stereocenters. The van der Waals surface area contributed by atoms with Gasteiger partial charge in [0.2, 0.25) is 5.91 Å². The Hall–Kier alpha value is -1.79. The molecule has 0 spiro atoms. The van der Waals surface area contributed by atoms with Crippen LogP contribution in [0.3, 0.4) is 0 Å². The largest absolute Gasteiger partial charge is 0.480 e. The lowest BCUT2D eigenvalue weighted by atomic mass is 10.0. The van der Waals surface area contributed by atoms with Crippen LogP contribution in [0.25, 0.3) is 0 Å². The number of nitrogens with zero attached hydrogens (tertiary/aromatic N) is 2. The molecule has 2 heterocycles. The van der Waals surface area contributed by atoms with Crippen molar-refractivity contribution in [3.8, 4) is 0 Å². The summed E-state index contributed by atoms with van der Waals surface area (Å²) in [5.41, 5.74) is 0. The number of rotatable bonds is 1. The summed E-state index contributed by atoms with van der Waals surface area (Å²) in [4.78, 5) is 38.6. The van der Waals surface area contributed by atoms with E-state index in [9.17, 15) is 19.5 Å². The maximum absolute atomic E-state index is 12.5. The molecule has 0 aromatic heterocycles. The van der Waals surface area contributed by atoms with Gasteiger partial charge in [0.1, 0.15) is 6.04 Å². The molecule has 0 bridgehead atoms. The first-order chi connectivity index (χ1) is 9.45. The van der Waals surface area contributed by atoms with Crippen molar-refractivity contribution < 1.29 is 19.5 Å². The number of hydrogen-bond acceptors (Lipinski definition) is 3. The van der Waals surface area contributed by atoms with Gasteiger partial charge in [0.15, 0.2) is 0 Å². The van der Waals surface area contributed by atoms with Crippen LogP contribution in [0.15, 0.2) is 0 Å². The summed E-state index contributed by atoms with van der Waals surface area (Å²) < 4.78 is 0. The van der Waals surface area contributed by atoms with Gasteiger partial charge >= 0.3 is 12.0 Å². The second-order valence-corrected chi connectivity index (χ2v) is 5.52. The molecule has 7 nitrogen and oxygen atoms in total. The van der Waals surface area contributed by atoms with Crippen LogP contribution in [0.5, 0.6) is 0 Å². The maximum atomic E-state index is 12.5. The zero-order valence-corrected chi connectivity index (χ0v) is 11.8. The number of carboxylic acids is 1. The highest BCUT2D eigenvalue weighted by molar-refractivity contribution is 5.86. The molecule has 20 heavy (non-hydrogen) atoms. The summed E-state index contributed by atoms with van der Waals surface area (Å²) in [6, 6.07) is -0.967. The minimum atomic E-state index is -0.934. The first-order valence-corrected chi connectivity index (χ1v) is 6.97. The minimum Gasteiger partial charge on any atom is -0.480 e. The number of amides is 3. The van der Waals surface area contributed by atoms with E-state index in [4.69, 9.17) is 0 Å². The lowest BCUT2D eigenvalue weighted by molar-refractivity contribution is -0.152. The van der Waals surface area contributed by atoms with Crippen LogP contribution in [0.1, 0.15) is 26.2 Å². The molecular formula is C13H21N3O4. The van der Waals surface area contributed by atoms with E-state index in [1.54, 1.807) is 18.9 Å². The Morgan fingerprint density at radius 2 is 2.00 bits per heavy atom. The van der Waals surface area contributed by atoms with Crippen molar-refractivity contribution in [2.75, 3.05) is 20.1 Å². The van der Waals surface area contributed by atoms with Crippen molar-refractivity contribution in [3.05, 3.63) is 0 Å². The van der Waals surface area contributed by atoms with Gasteiger partial charge in [0.05, 0.1) is 5.92 Å². The lowest BCUT2D eigenvalue weighted by Crippen LogP contribution is -2.53. The molecule has 0 saturated carbocycles. The molecule has 3 amide bonds. The standard InChI is InChI=1S/C13H21N3O4/c1-8-7-15(13(20)14-2)6-5-9-3-4-10(12(18)19)16(9)11(8)17/h8-10H,3-7H2,1-2H3,(H,14,20)(H,18,19)/t8-,9+,10-/m0/s1. The number of carbonyl (C=O) groups is 3. The summed E-state index contributed by atoms with van der Waals surface area (Å²) in [5, 5.41) is 11.8. The Labute approximate surface area is 117 Å². The summed E-state index contributed by atoms with van der Waals surface area (Å²) in [6.07, 6.45) is 1.82. The second kappa shape index (κ2) is 5.68. The van der Waals surface area contributed by atoms with E-state index < -0.39 is 12.0 Å². The van der Waals surface area contributed by atoms with Gasteiger partial charge in [0, 0.05) is 26.2 Å². The Balaban J connectivity index is 2.18. The van der Waals surface area contributed by atoms with E-state index in [0.717, 1.165) is 0 Å². The first kappa shape index (κ1) is 14.6. The molecule has 2 rings (SSSR count). The van der Waals surface area contributed by atoms with Gasteiger partial charge in [-0.15, -0.1) is 0 Å². The molecule has 2 N–H and O–H groups in total. The monoisotopic (exact) mass is 283 g/mol. The number of aliphatic carboxylic acids is 1. The number of fused-ring (bicyclic) bond motifs is 1. The van der Waals surface area contributed by atoms with Gasteiger partial charge < -0.3 is 20.2 Å². The van der Waals surface area contributed by atoms with Crippen molar-refractivity contribution in [1.82, 2.24) is 15.1 Å². The predicted octanol–water partition coefficient (Wildman–Crippen LogP) is 0.112. The van der Waals surface area contributed by atoms with E-state index in [2.05, 4.69) is 5.32 Å². The highest BCUT2D eigenvalue weighted by Gasteiger charge is 2.43. The van der Waals surface area contributed by atoms with Crippen LogP contribution in [-0.4, -0.2) is 65.0 Å². The van der Waals surface area contributed by atoms with Crippen molar-refractivity contribution >= 4 is 17.9 Å². The van der Waals surface area contributed by atoms with Gasteiger partial charge in [0.25, 0.3) is 0 Å². The van der Waals surface area contributed by atoms with Crippen LogP contribution >= 0.6 is 0 Å². The number of carboxylic acid groups (broad SMARTS) is 1. The van der Waals surface area contributed by atoms with Gasteiger partial charge in [-0.2, -0.15) is 0 Å². The molecule has 7 heteroatoms. The minimum absolute atomic E-state index is 0.0708. The molecular weight excluding hydrogens is 262 g/mol. The molecule has 112 valence electrons. The third-order valence-electron chi connectivity index (χ3n) is 4.19. The number of carbonyl (C=O) groups excluding carboxylic acids is 2. The van der Waals surface area contributed by atoms with Gasteiger partial charge in [-0.05, 0) is 19.3 Å². The first-order valence-electron chi connectivity index (χ1n) is 6.97. The van der Waals surface area contributed by atoms with E-state index in [0.29, 0.717) is 32.4 Å². The third kappa shape index (κ3) is 2.57. The Morgan fingerprint density at radius 1 is 1.30 bits per heavy atom. The molecule has 2 fully saturated rings. The maximum Gasteiger partial charge on any atom is 0.326 e. The second-order valence-electron chi connectivity index (χ2n) is 5.52. The normalized spacial score (nSPS) is 30.5. The third-order valence-corrected chi connectivity index (χ3v) is 4.19. The van der Waals surface area contributed by atoms with Gasteiger partial charge in [-0.1, -0.05) is 6.92 Å². The topological polar surface area (TPSA) is 89.9 Å². The highest BCUT2D eigenvalue weighted by atomic mass is 16.4. The zero-order valence-electron chi connectivity index (χ0n) is 11.8. The van der Waals surface area contributed by atoms with Crippen LogP contribution in [0.4, 0.5) is 4.79 Å². The quantitative estimate of drug-likeness (QED) is 0.715. The molecule has 0 aliphatic carbocycles. The molecule has 2 saturated heterocycles. The van der Waals surface area contributed by atoms with Crippen LogP contribution < -0.4 is 5.32 Å². The average molecular weight is 283 g/mol. The van der Waals surface area contributed by atoms with E-state index in [1.807, 2.05) is 0 Å². The van der Waals surface area contributed by atoms with Crippen molar-refractivity contribution in [2.24, 2.45) is 5.92 Å². The van der Waals surface area contributed by atoms with Crippen molar-refractivity contribution in [3.63, 3.8) is 0 Å². The Morgan fingerprint density at radius 3 is 2.60 bits per heavy atom. The summed E-state index contributed by atoms with van der Waals surface area (Å²) in [5.74, 6) is -1.47. The molecule has 0 aromatic carbocycles. The van der Waals surface area contributed by atoms with Gasteiger partial charge in [-0.25, -0.2) is 9.59 Å². The van der Waals surface area contributed by atoms with E-state index >= 15 is 0 Å². The molecule has 2 aliphatic rings. The zero-order chi connectivity index (χ0) is 14.9. The van der Waals surface area contributed by atoms with Crippen LogP contribution in [0, 0.1) is 5.92 Å². The van der Waals surface area contributed by atoms with Crippen molar-refractivity contribution in [1.29, 1.82) is 0 Å². The fourth-order valence-corrected chi connectivity index (χ4v) is 3.14. The molecule has 0 aromatic rings. The highest BCUT2D eigenvalue weighted by Crippen LogP contribution is 2.30. The molecule has 0 radical (unpaired) electrons. The summed E-state index contributed by atoms with van der Waals surface area (Å²) >= 11 is 0. The van der Waals surface area contributed by atoms with Crippen LogP contribution in [-0.2, 0) is 9.59 Å². The number of hydrogen-bond donors (Lipinski definition) is 2. The number of nitrogens with one attached hydrogen (secondary N) is 1. The molecule has 2 aliphatic heterocycles. The smallest absolute Gasteiger partial charge is 0.326 e. The van der Waals surface area contributed by atoms with E-state index in [1.165, 1.54) is 4.90 Å². The van der Waals surface area contributed by atoms with E-state index in [-0.39, 0.29) is 23.9 Å². The predicted molar refractivity (Wildman–Crippen MR) is 71.1 cm³/mol. The number of urea groups is 1. The Kier molecular flexibility index (Phi) is 4.15. The fourth-order valence-electron chi connectivity index (χ4n) is 3.14. The Bertz CT molecular complexity index is 426. The van der Waals surface area contributed by atoms with Crippen LogP contribution in [0.2, 0.25) is 0 Å². The summed E-state index contributed by atoms with van der Waals surface area (Å²) in [6.45, 7) is 2.62. The SMILES string of the molecule is CNC(=O)N1CC[C@H]2CC[C@@H](C(=O)O)N2C(=O)[C@@H](C)C1. The fraction of sp³-hybridized carbons (Fsp3) is 0.769. The lowest BCUT2D eigenvalue weighted by Gasteiger charge is -2.36. The summed E-state index contributed by atoms with van der Waals surface area (Å²) in [7, 11) is 1.57. The van der Waals surface area contributed by atoms with Crippen molar-refractivity contribution in [2.45, 2.75) is 38.3 Å². The van der Waals surface area contributed by atoms with Gasteiger partial charge in [-0.3, -0.25) is 4.79 Å². The molecule has 0 unspecified atom stereocenters.